The van der Waals surface area contributed by atoms with E-state index in [-0.39, 0.29) is 22.7 Å². The number of fused-ring (bicyclic) bond motifs is 3. The van der Waals surface area contributed by atoms with Crippen LogP contribution in [0.15, 0.2) is 23.8 Å². The Kier molecular flexibility index (Phi) is 2.32. The molecule has 1 N–H and O–H groups in total. The van der Waals surface area contributed by atoms with E-state index in [1.54, 1.807) is 6.08 Å². The van der Waals surface area contributed by atoms with Crippen molar-refractivity contribution < 1.29 is 9.90 Å². The normalized spacial score (nSPS) is 58.3. The van der Waals surface area contributed by atoms with Gasteiger partial charge in [0.2, 0.25) is 0 Å². The van der Waals surface area contributed by atoms with E-state index in [2.05, 4.69) is 19.9 Å². The number of carbonyl (C=O) groups excluding carboxylic acids is 1. The molecule has 0 aromatic heterocycles. The summed E-state index contributed by atoms with van der Waals surface area (Å²) in [4.78, 5) is 11.8. The van der Waals surface area contributed by atoms with Crippen LogP contribution >= 0.6 is 0 Å². The second-order valence-corrected chi connectivity index (χ2v) is 9.09. The summed E-state index contributed by atoms with van der Waals surface area (Å²) in [5.74, 6) is 2.35. The average Bonchev–Trinajstić information content (AvgIpc) is 3.13. The van der Waals surface area contributed by atoms with Gasteiger partial charge in [0.1, 0.15) is 0 Å². The Labute approximate surface area is 132 Å². The van der Waals surface area contributed by atoms with Gasteiger partial charge < -0.3 is 5.11 Å². The minimum atomic E-state index is -0.0829. The molecule has 0 bridgehead atoms. The van der Waals surface area contributed by atoms with E-state index in [0.717, 1.165) is 31.1 Å². The monoisotopic (exact) mass is 298 g/mol. The zero-order valence-electron chi connectivity index (χ0n) is 13.6. The first-order valence-corrected chi connectivity index (χ1v) is 9.04. The molecule has 118 valence electrons. The number of allylic oxidation sites excluding steroid dienone is 4. The summed E-state index contributed by atoms with van der Waals surface area (Å²) in [6, 6.07) is 0. The van der Waals surface area contributed by atoms with Crippen molar-refractivity contribution >= 4 is 5.78 Å². The molecular formula is C20H26O2. The van der Waals surface area contributed by atoms with Crippen molar-refractivity contribution in [2.45, 2.75) is 58.5 Å². The van der Waals surface area contributed by atoms with Crippen LogP contribution in [0.5, 0.6) is 0 Å². The summed E-state index contributed by atoms with van der Waals surface area (Å²) in [5.41, 5.74) is 2.04. The molecule has 4 saturated carbocycles. The first-order chi connectivity index (χ1) is 10.4. The summed E-state index contributed by atoms with van der Waals surface area (Å²) < 4.78 is 0. The van der Waals surface area contributed by atoms with E-state index in [0.29, 0.717) is 11.3 Å². The third kappa shape index (κ3) is 1.28. The van der Waals surface area contributed by atoms with Gasteiger partial charge in [-0.1, -0.05) is 25.5 Å². The van der Waals surface area contributed by atoms with Gasteiger partial charge in [-0.25, -0.2) is 0 Å². The van der Waals surface area contributed by atoms with Gasteiger partial charge in [-0.3, -0.25) is 4.79 Å². The molecule has 0 aromatic rings. The van der Waals surface area contributed by atoms with Crippen LogP contribution in [0.25, 0.3) is 0 Å². The third-order valence-corrected chi connectivity index (χ3v) is 8.68. The highest BCUT2D eigenvalue weighted by atomic mass is 16.3. The second-order valence-electron chi connectivity index (χ2n) is 9.09. The van der Waals surface area contributed by atoms with Crippen LogP contribution < -0.4 is 0 Å². The van der Waals surface area contributed by atoms with Crippen LogP contribution in [0, 0.1) is 34.0 Å². The van der Waals surface area contributed by atoms with Crippen molar-refractivity contribution in [1.82, 2.24) is 0 Å². The van der Waals surface area contributed by atoms with Crippen molar-refractivity contribution in [2.75, 3.05) is 0 Å². The fourth-order valence-electron chi connectivity index (χ4n) is 7.40. The fourth-order valence-corrected chi connectivity index (χ4v) is 7.40. The molecule has 0 heterocycles. The largest absolute Gasteiger partial charge is 0.393 e. The zero-order valence-corrected chi connectivity index (χ0v) is 13.6. The molecule has 1 spiro atoms. The van der Waals surface area contributed by atoms with Gasteiger partial charge in [-0.2, -0.15) is 0 Å². The maximum atomic E-state index is 11.8. The highest BCUT2D eigenvalue weighted by molar-refractivity contribution is 6.01. The van der Waals surface area contributed by atoms with E-state index < -0.39 is 0 Å². The summed E-state index contributed by atoms with van der Waals surface area (Å²) in [6.45, 7) is 4.73. The lowest BCUT2D eigenvalue weighted by Gasteiger charge is -2.58. The van der Waals surface area contributed by atoms with Crippen LogP contribution in [0.3, 0.4) is 0 Å². The van der Waals surface area contributed by atoms with Gasteiger partial charge in [0.05, 0.1) is 6.10 Å². The quantitative estimate of drug-likeness (QED) is 0.741. The molecule has 2 nitrogen and oxygen atoms in total. The molecular weight excluding hydrogens is 272 g/mol. The molecule has 0 saturated heterocycles. The second kappa shape index (κ2) is 3.77. The minimum Gasteiger partial charge on any atom is -0.393 e. The lowest BCUT2D eigenvalue weighted by molar-refractivity contribution is -0.111. The van der Waals surface area contributed by atoms with E-state index in [1.807, 2.05) is 6.08 Å². The van der Waals surface area contributed by atoms with Gasteiger partial charge >= 0.3 is 0 Å². The van der Waals surface area contributed by atoms with Crippen LogP contribution in [0.2, 0.25) is 0 Å². The molecule has 2 heteroatoms. The molecule has 0 radical (unpaired) electrons. The first kappa shape index (κ1) is 13.5. The maximum absolute atomic E-state index is 11.8. The molecule has 0 aromatic carbocycles. The number of rotatable bonds is 0. The highest BCUT2D eigenvalue weighted by Gasteiger charge is 2.77. The van der Waals surface area contributed by atoms with Gasteiger partial charge in [0.15, 0.2) is 5.78 Å². The molecule has 5 aliphatic rings. The number of hydrogen-bond acceptors (Lipinski definition) is 2. The summed E-state index contributed by atoms with van der Waals surface area (Å²) in [7, 11) is 0. The molecule has 22 heavy (non-hydrogen) atoms. The van der Waals surface area contributed by atoms with Crippen LogP contribution in [-0.4, -0.2) is 17.0 Å². The predicted molar refractivity (Wildman–Crippen MR) is 85.1 cm³/mol. The number of aliphatic hydroxyl groups is 1. The molecule has 7 atom stereocenters. The number of ketones is 1. The Morgan fingerprint density at radius 1 is 1.23 bits per heavy atom. The van der Waals surface area contributed by atoms with Gasteiger partial charge in [0, 0.05) is 5.41 Å². The lowest BCUT2D eigenvalue weighted by Crippen LogP contribution is -2.53. The molecule has 0 aliphatic heterocycles. The Hall–Kier alpha value is -0.890. The highest BCUT2D eigenvalue weighted by Crippen LogP contribution is 2.82. The van der Waals surface area contributed by atoms with E-state index in [4.69, 9.17) is 0 Å². The smallest absolute Gasteiger partial charge is 0.178 e. The van der Waals surface area contributed by atoms with Crippen molar-refractivity contribution in [3.63, 3.8) is 0 Å². The molecule has 4 fully saturated rings. The van der Waals surface area contributed by atoms with Gasteiger partial charge in [0.25, 0.3) is 0 Å². The van der Waals surface area contributed by atoms with Crippen molar-refractivity contribution in [1.29, 1.82) is 0 Å². The van der Waals surface area contributed by atoms with Crippen molar-refractivity contribution in [2.24, 2.45) is 34.0 Å². The van der Waals surface area contributed by atoms with E-state index in [9.17, 15) is 9.90 Å². The lowest BCUT2D eigenvalue weighted by atomic mass is 9.46. The van der Waals surface area contributed by atoms with Crippen molar-refractivity contribution in [3.05, 3.63) is 23.8 Å². The van der Waals surface area contributed by atoms with E-state index in [1.165, 1.54) is 24.8 Å². The summed E-state index contributed by atoms with van der Waals surface area (Å²) >= 11 is 0. The van der Waals surface area contributed by atoms with Gasteiger partial charge in [-0.05, 0) is 79.3 Å². The Morgan fingerprint density at radius 3 is 2.86 bits per heavy atom. The Morgan fingerprint density at radius 2 is 2.05 bits per heavy atom. The Bertz CT molecular complexity index is 632. The van der Waals surface area contributed by atoms with Crippen LogP contribution in [0.1, 0.15) is 52.4 Å². The summed E-state index contributed by atoms with van der Waals surface area (Å²) in [6.07, 6.45) is 12.9. The average molecular weight is 298 g/mol. The SMILES string of the molecule is C[C@]12C=CC(=O)C=C1CC[C@@H]1[C@@H]2CC[C@]2(C)[C@@H](O)C[C@@H]3C[C@]312. The van der Waals surface area contributed by atoms with E-state index >= 15 is 0 Å². The zero-order chi connectivity index (χ0) is 15.3. The number of aliphatic hydroxyl groups excluding tert-OH is 1. The topological polar surface area (TPSA) is 37.3 Å². The number of carbonyl (C=O) groups is 1. The first-order valence-electron chi connectivity index (χ1n) is 9.04. The summed E-state index contributed by atoms with van der Waals surface area (Å²) in [5, 5.41) is 10.6. The third-order valence-electron chi connectivity index (χ3n) is 8.68. The number of hydrogen-bond donors (Lipinski definition) is 1. The standard InChI is InChI=1S/C20H26O2/c1-18-7-5-14(21)9-12(18)3-4-16-15(18)6-8-19(2)17(22)10-13-11-20(13,16)19/h5,7,9,13,15-17,22H,3-4,6,8,10-11H2,1-2H3/t13-,15+,16-,17+,18+,19-,20+/m1/s1. The predicted octanol–water partition coefficient (Wildman–Crippen LogP) is 3.66. The Balaban J connectivity index is 1.58. The van der Waals surface area contributed by atoms with Crippen LogP contribution in [0.4, 0.5) is 0 Å². The fraction of sp³-hybridized carbons (Fsp3) is 0.750. The molecule has 5 aliphatic carbocycles. The van der Waals surface area contributed by atoms with Gasteiger partial charge in [-0.15, -0.1) is 0 Å². The minimum absolute atomic E-state index is 0.0829. The van der Waals surface area contributed by atoms with Crippen molar-refractivity contribution in [3.8, 4) is 0 Å². The molecule has 5 rings (SSSR count). The maximum Gasteiger partial charge on any atom is 0.178 e. The molecule has 0 amide bonds. The van der Waals surface area contributed by atoms with Crippen LogP contribution in [-0.2, 0) is 4.79 Å². The molecule has 0 unspecified atom stereocenters.